The summed E-state index contributed by atoms with van der Waals surface area (Å²) in [4.78, 5) is 4.10. The average molecular weight is 256 g/mol. The second-order valence-electron chi connectivity index (χ2n) is 4.45. The standard InChI is InChI=1S/C16H20N2O/c1-3-19-12-15-7-5-4-6-14(15)11-18-16-8-9-17-10-13(16)2/h4-10H,3,11-12H2,1-2H3,(H,17,18). The molecular weight excluding hydrogens is 236 g/mol. The van der Waals surface area contributed by atoms with Gasteiger partial charge >= 0.3 is 0 Å². The van der Waals surface area contributed by atoms with Crippen LogP contribution in [0, 0.1) is 6.92 Å². The number of pyridine rings is 1. The predicted octanol–water partition coefficient (Wildman–Crippen LogP) is 3.54. The number of aromatic nitrogens is 1. The van der Waals surface area contributed by atoms with Gasteiger partial charge in [-0.3, -0.25) is 4.98 Å². The second kappa shape index (κ2) is 6.90. The Kier molecular flexibility index (Phi) is 4.93. The van der Waals surface area contributed by atoms with Gasteiger partial charge in [-0.05, 0) is 36.6 Å². The number of hydrogen-bond acceptors (Lipinski definition) is 3. The molecule has 0 atom stereocenters. The predicted molar refractivity (Wildman–Crippen MR) is 78.1 cm³/mol. The lowest BCUT2D eigenvalue weighted by molar-refractivity contribution is 0.133. The van der Waals surface area contributed by atoms with Crippen molar-refractivity contribution >= 4 is 5.69 Å². The van der Waals surface area contributed by atoms with E-state index in [1.165, 1.54) is 11.1 Å². The minimum atomic E-state index is 0.670. The summed E-state index contributed by atoms with van der Waals surface area (Å²) in [5.41, 5.74) is 4.79. The first-order chi connectivity index (χ1) is 9.31. The molecular formula is C16H20N2O. The van der Waals surface area contributed by atoms with Gasteiger partial charge in [-0.25, -0.2) is 0 Å². The van der Waals surface area contributed by atoms with Crippen molar-refractivity contribution < 1.29 is 4.74 Å². The number of nitrogens with one attached hydrogen (secondary N) is 1. The summed E-state index contributed by atoms with van der Waals surface area (Å²) in [6.45, 7) is 6.28. The van der Waals surface area contributed by atoms with Crippen LogP contribution in [0.5, 0.6) is 0 Å². The van der Waals surface area contributed by atoms with E-state index in [0.717, 1.165) is 24.4 Å². The fourth-order valence-electron chi connectivity index (χ4n) is 1.94. The number of anilines is 1. The Morgan fingerprint density at radius 1 is 1.16 bits per heavy atom. The maximum atomic E-state index is 5.50. The van der Waals surface area contributed by atoms with Crippen molar-refractivity contribution in [3.63, 3.8) is 0 Å². The van der Waals surface area contributed by atoms with Crippen LogP contribution in [0.25, 0.3) is 0 Å². The summed E-state index contributed by atoms with van der Waals surface area (Å²) in [5, 5.41) is 3.45. The van der Waals surface area contributed by atoms with E-state index in [9.17, 15) is 0 Å². The molecule has 1 aromatic heterocycles. The van der Waals surface area contributed by atoms with Crippen LogP contribution in [0.4, 0.5) is 5.69 Å². The molecule has 0 radical (unpaired) electrons. The summed E-state index contributed by atoms with van der Waals surface area (Å²) in [5.74, 6) is 0. The largest absolute Gasteiger partial charge is 0.381 e. The van der Waals surface area contributed by atoms with E-state index in [1.807, 2.05) is 19.2 Å². The van der Waals surface area contributed by atoms with E-state index in [0.29, 0.717) is 6.61 Å². The van der Waals surface area contributed by atoms with E-state index in [4.69, 9.17) is 4.74 Å². The molecule has 1 aromatic carbocycles. The number of rotatable bonds is 6. The molecule has 2 aromatic rings. The smallest absolute Gasteiger partial charge is 0.0720 e. The van der Waals surface area contributed by atoms with Gasteiger partial charge in [-0.15, -0.1) is 0 Å². The highest BCUT2D eigenvalue weighted by atomic mass is 16.5. The van der Waals surface area contributed by atoms with Gasteiger partial charge in [0.15, 0.2) is 0 Å². The SMILES string of the molecule is CCOCc1ccccc1CNc1ccncc1C. The fraction of sp³-hybridized carbons (Fsp3) is 0.312. The molecule has 0 bridgehead atoms. The highest BCUT2D eigenvalue weighted by molar-refractivity contribution is 5.49. The molecule has 3 nitrogen and oxygen atoms in total. The van der Waals surface area contributed by atoms with Crippen LogP contribution in [0.3, 0.4) is 0 Å². The van der Waals surface area contributed by atoms with Crippen molar-refractivity contribution in [1.82, 2.24) is 4.98 Å². The van der Waals surface area contributed by atoms with Gasteiger partial charge < -0.3 is 10.1 Å². The normalized spacial score (nSPS) is 10.4. The zero-order chi connectivity index (χ0) is 13.5. The van der Waals surface area contributed by atoms with Crippen LogP contribution in [-0.4, -0.2) is 11.6 Å². The Bertz CT molecular complexity index is 526. The quantitative estimate of drug-likeness (QED) is 0.858. The van der Waals surface area contributed by atoms with Crippen molar-refractivity contribution in [3.8, 4) is 0 Å². The van der Waals surface area contributed by atoms with Crippen LogP contribution >= 0.6 is 0 Å². The van der Waals surface area contributed by atoms with Gasteiger partial charge in [0.1, 0.15) is 0 Å². The van der Waals surface area contributed by atoms with Gasteiger partial charge in [-0.1, -0.05) is 24.3 Å². The van der Waals surface area contributed by atoms with E-state index < -0.39 is 0 Å². The number of nitrogens with zero attached hydrogens (tertiary/aromatic N) is 1. The maximum absolute atomic E-state index is 5.50. The molecule has 1 heterocycles. The highest BCUT2D eigenvalue weighted by Crippen LogP contribution is 2.16. The molecule has 0 aliphatic carbocycles. The first-order valence-corrected chi connectivity index (χ1v) is 6.60. The Morgan fingerprint density at radius 2 is 1.95 bits per heavy atom. The number of benzene rings is 1. The highest BCUT2D eigenvalue weighted by Gasteiger charge is 2.02. The lowest BCUT2D eigenvalue weighted by atomic mass is 10.1. The van der Waals surface area contributed by atoms with Gasteiger partial charge in [0.2, 0.25) is 0 Å². The first kappa shape index (κ1) is 13.6. The molecule has 0 unspecified atom stereocenters. The summed E-state index contributed by atoms with van der Waals surface area (Å²) >= 11 is 0. The molecule has 0 aliphatic heterocycles. The second-order valence-corrected chi connectivity index (χ2v) is 4.45. The van der Waals surface area contributed by atoms with Gasteiger partial charge in [0.05, 0.1) is 6.61 Å². The minimum absolute atomic E-state index is 0.670. The zero-order valence-electron chi connectivity index (χ0n) is 11.5. The summed E-state index contributed by atoms with van der Waals surface area (Å²) < 4.78 is 5.50. The maximum Gasteiger partial charge on any atom is 0.0720 e. The summed E-state index contributed by atoms with van der Waals surface area (Å²) in [6, 6.07) is 10.4. The number of aryl methyl sites for hydroxylation is 1. The Morgan fingerprint density at radius 3 is 2.68 bits per heavy atom. The first-order valence-electron chi connectivity index (χ1n) is 6.60. The third kappa shape index (κ3) is 3.80. The molecule has 0 spiro atoms. The van der Waals surface area contributed by atoms with Crippen LogP contribution < -0.4 is 5.32 Å². The molecule has 3 heteroatoms. The average Bonchev–Trinajstić information content (AvgIpc) is 2.45. The van der Waals surface area contributed by atoms with Gasteiger partial charge in [0.25, 0.3) is 0 Å². The monoisotopic (exact) mass is 256 g/mol. The molecule has 100 valence electrons. The molecule has 0 aliphatic rings. The van der Waals surface area contributed by atoms with Crippen molar-refractivity contribution in [3.05, 3.63) is 59.4 Å². The lowest BCUT2D eigenvalue weighted by Gasteiger charge is -2.12. The van der Waals surface area contributed by atoms with Crippen molar-refractivity contribution in [2.45, 2.75) is 27.0 Å². The Labute approximate surface area is 114 Å². The third-order valence-corrected chi connectivity index (χ3v) is 3.07. The Hall–Kier alpha value is -1.87. The number of hydrogen-bond donors (Lipinski definition) is 1. The molecule has 19 heavy (non-hydrogen) atoms. The third-order valence-electron chi connectivity index (χ3n) is 3.07. The van der Waals surface area contributed by atoms with Gasteiger partial charge in [0, 0.05) is 31.2 Å². The van der Waals surface area contributed by atoms with Crippen LogP contribution in [0.2, 0.25) is 0 Å². The van der Waals surface area contributed by atoms with Crippen molar-refractivity contribution in [2.75, 3.05) is 11.9 Å². The molecule has 0 fully saturated rings. The van der Waals surface area contributed by atoms with Gasteiger partial charge in [-0.2, -0.15) is 0 Å². The fourth-order valence-corrected chi connectivity index (χ4v) is 1.94. The van der Waals surface area contributed by atoms with E-state index >= 15 is 0 Å². The number of ether oxygens (including phenoxy) is 1. The minimum Gasteiger partial charge on any atom is -0.381 e. The van der Waals surface area contributed by atoms with Crippen LogP contribution in [-0.2, 0) is 17.9 Å². The molecule has 0 amide bonds. The zero-order valence-corrected chi connectivity index (χ0v) is 11.5. The van der Waals surface area contributed by atoms with E-state index in [2.05, 4.69) is 41.5 Å². The molecule has 1 N–H and O–H groups in total. The molecule has 0 saturated heterocycles. The molecule has 0 saturated carbocycles. The van der Waals surface area contributed by atoms with Crippen molar-refractivity contribution in [1.29, 1.82) is 0 Å². The topological polar surface area (TPSA) is 34.1 Å². The van der Waals surface area contributed by atoms with Crippen molar-refractivity contribution in [2.24, 2.45) is 0 Å². The lowest BCUT2D eigenvalue weighted by Crippen LogP contribution is -2.05. The summed E-state index contributed by atoms with van der Waals surface area (Å²) in [6.07, 6.45) is 3.68. The summed E-state index contributed by atoms with van der Waals surface area (Å²) in [7, 11) is 0. The molecule has 2 rings (SSSR count). The van der Waals surface area contributed by atoms with Crippen LogP contribution in [0.1, 0.15) is 23.6 Å². The van der Waals surface area contributed by atoms with Crippen LogP contribution in [0.15, 0.2) is 42.7 Å². The Balaban J connectivity index is 2.05. The van der Waals surface area contributed by atoms with E-state index in [1.54, 1.807) is 6.20 Å². The van der Waals surface area contributed by atoms with E-state index in [-0.39, 0.29) is 0 Å².